The molecule has 1 aromatic carbocycles. The zero-order valence-corrected chi connectivity index (χ0v) is 11.3. The van der Waals surface area contributed by atoms with Crippen molar-refractivity contribution in [2.45, 2.75) is 6.54 Å². The first-order valence-corrected chi connectivity index (χ1v) is 6.09. The van der Waals surface area contributed by atoms with E-state index in [-0.39, 0.29) is 5.91 Å². The number of hydrogen-bond donors (Lipinski definition) is 1. The number of nitriles is 1. The molecule has 0 aliphatic rings. The maximum Gasteiger partial charge on any atom is 0.248 e. The first-order chi connectivity index (χ1) is 9.06. The van der Waals surface area contributed by atoms with E-state index in [9.17, 15) is 4.79 Å². The molecule has 0 spiro atoms. The van der Waals surface area contributed by atoms with Gasteiger partial charge in [0, 0.05) is 19.6 Å². The molecule has 0 aromatic heterocycles. The molecule has 19 heavy (non-hydrogen) atoms. The molecule has 0 aliphatic carbocycles. The van der Waals surface area contributed by atoms with Gasteiger partial charge in [-0.05, 0) is 31.8 Å². The van der Waals surface area contributed by atoms with Crippen molar-refractivity contribution in [3.8, 4) is 6.07 Å². The minimum Gasteiger partial charge on any atom is -0.387 e. The Hall–Kier alpha value is -1.90. The minimum absolute atomic E-state index is 0.286. The smallest absolute Gasteiger partial charge is 0.248 e. The topological polar surface area (TPSA) is 67.6 Å². The second-order valence-electron chi connectivity index (χ2n) is 4.59. The highest BCUT2D eigenvalue weighted by molar-refractivity contribution is 5.77. The van der Waals surface area contributed by atoms with Crippen LogP contribution in [-0.2, 0) is 11.3 Å². The van der Waals surface area contributed by atoms with Crippen molar-refractivity contribution in [1.82, 2.24) is 9.80 Å². The summed E-state index contributed by atoms with van der Waals surface area (Å²) in [4.78, 5) is 15.3. The van der Waals surface area contributed by atoms with Gasteiger partial charge in [0.1, 0.15) is 6.61 Å². The summed E-state index contributed by atoms with van der Waals surface area (Å²) in [5.74, 6) is -0.286. The number of hydrogen-bond acceptors (Lipinski definition) is 4. The first kappa shape index (κ1) is 15.2. The Morgan fingerprint density at radius 3 is 2.37 bits per heavy atom. The quantitative estimate of drug-likeness (QED) is 0.807. The summed E-state index contributed by atoms with van der Waals surface area (Å²) in [6, 6.07) is 9.15. The average Bonchev–Trinajstić information content (AvgIpc) is 2.43. The Labute approximate surface area is 113 Å². The van der Waals surface area contributed by atoms with Gasteiger partial charge < -0.3 is 14.9 Å². The van der Waals surface area contributed by atoms with E-state index < -0.39 is 6.61 Å². The van der Waals surface area contributed by atoms with Crippen LogP contribution < -0.4 is 0 Å². The number of rotatable bonds is 6. The third kappa shape index (κ3) is 5.08. The lowest BCUT2D eigenvalue weighted by molar-refractivity contribution is -0.134. The minimum atomic E-state index is -0.482. The summed E-state index contributed by atoms with van der Waals surface area (Å²) < 4.78 is 0. The third-order valence-corrected chi connectivity index (χ3v) is 2.76. The number of carbonyl (C=O) groups excluding carboxylic acids is 1. The standard InChI is InChI=1S/C14H19N3O2/c1-16(2)7-8-17(14(19)11-18)10-13-5-3-12(9-15)4-6-13/h3-6,18H,7-8,10-11H2,1-2H3. The molecule has 1 amide bonds. The molecule has 102 valence electrons. The molecule has 0 radical (unpaired) electrons. The van der Waals surface area contributed by atoms with Gasteiger partial charge in [-0.1, -0.05) is 12.1 Å². The lowest BCUT2D eigenvalue weighted by atomic mass is 10.1. The normalized spacial score (nSPS) is 10.3. The Bertz CT molecular complexity index is 449. The Balaban J connectivity index is 2.70. The van der Waals surface area contributed by atoms with Crippen LogP contribution in [0.2, 0.25) is 0 Å². The van der Waals surface area contributed by atoms with E-state index in [1.807, 2.05) is 31.1 Å². The molecule has 0 fully saturated rings. The Kier molecular flexibility index (Phi) is 6.00. The van der Waals surface area contributed by atoms with Crippen molar-refractivity contribution in [1.29, 1.82) is 5.26 Å². The first-order valence-electron chi connectivity index (χ1n) is 6.09. The van der Waals surface area contributed by atoms with Crippen molar-refractivity contribution in [2.24, 2.45) is 0 Å². The van der Waals surface area contributed by atoms with Crippen LogP contribution >= 0.6 is 0 Å². The van der Waals surface area contributed by atoms with Gasteiger partial charge in [0.15, 0.2) is 0 Å². The molecule has 0 bridgehead atoms. The third-order valence-electron chi connectivity index (χ3n) is 2.76. The molecular weight excluding hydrogens is 242 g/mol. The van der Waals surface area contributed by atoms with Crippen LogP contribution in [-0.4, -0.2) is 54.6 Å². The molecule has 5 nitrogen and oxygen atoms in total. The molecule has 0 aliphatic heterocycles. The van der Waals surface area contributed by atoms with Gasteiger partial charge in [0.05, 0.1) is 11.6 Å². The summed E-state index contributed by atoms with van der Waals surface area (Å²) >= 11 is 0. The maximum absolute atomic E-state index is 11.7. The zero-order valence-electron chi connectivity index (χ0n) is 11.3. The molecule has 1 N–H and O–H groups in total. The molecule has 1 rings (SSSR count). The lowest BCUT2D eigenvalue weighted by Crippen LogP contribution is -2.37. The van der Waals surface area contributed by atoms with Crippen LogP contribution in [0, 0.1) is 11.3 Å². The van der Waals surface area contributed by atoms with Crippen LogP contribution in [0.15, 0.2) is 24.3 Å². The second kappa shape index (κ2) is 7.52. The summed E-state index contributed by atoms with van der Waals surface area (Å²) in [6.07, 6.45) is 0. The van der Waals surface area contributed by atoms with Crippen LogP contribution in [0.1, 0.15) is 11.1 Å². The van der Waals surface area contributed by atoms with Crippen molar-refractivity contribution in [3.63, 3.8) is 0 Å². The van der Waals surface area contributed by atoms with Crippen molar-refractivity contribution < 1.29 is 9.90 Å². The number of aliphatic hydroxyl groups is 1. The number of carbonyl (C=O) groups is 1. The highest BCUT2D eigenvalue weighted by Gasteiger charge is 2.13. The van der Waals surface area contributed by atoms with Gasteiger partial charge in [-0.3, -0.25) is 4.79 Å². The molecule has 0 saturated heterocycles. The van der Waals surface area contributed by atoms with Crippen molar-refractivity contribution in [2.75, 3.05) is 33.8 Å². The van der Waals surface area contributed by atoms with E-state index in [4.69, 9.17) is 10.4 Å². The summed E-state index contributed by atoms with van der Waals surface area (Å²) in [5, 5.41) is 17.7. The Morgan fingerprint density at radius 1 is 1.26 bits per heavy atom. The van der Waals surface area contributed by atoms with Gasteiger partial charge in [-0.25, -0.2) is 0 Å². The predicted octanol–water partition coefficient (Wildman–Crippen LogP) is 0.441. The highest BCUT2D eigenvalue weighted by Crippen LogP contribution is 2.07. The fourth-order valence-electron chi connectivity index (χ4n) is 1.62. The van der Waals surface area contributed by atoms with Crippen LogP contribution in [0.5, 0.6) is 0 Å². The van der Waals surface area contributed by atoms with Crippen molar-refractivity contribution in [3.05, 3.63) is 35.4 Å². The highest BCUT2D eigenvalue weighted by atomic mass is 16.3. The summed E-state index contributed by atoms with van der Waals surface area (Å²) in [7, 11) is 3.87. The van der Waals surface area contributed by atoms with Gasteiger partial charge in [-0.15, -0.1) is 0 Å². The second-order valence-corrected chi connectivity index (χ2v) is 4.59. The molecule has 0 saturated carbocycles. The van der Waals surface area contributed by atoms with E-state index in [0.29, 0.717) is 18.7 Å². The van der Waals surface area contributed by atoms with E-state index in [0.717, 1.165) is 12.1 Å². The zero-order chi connectivity index (χ0) is 14.3. The predicted molar refractivity (Wildman–Crippen MR) is 72.2 cm³/mol. The fraction of sp³-hybridized carbons (Fsp3) is 0.429. The molecule has 0 heterocycles. The van der Waals surface area contributed by atoms with Gasteiger partial charge in [0.25, 0.3) is 0 Å². The van der Waals surface area contributed by atoms with Crippen molar-refractivity contribution >= 4 is 5.91 Å². The molecular formula is C14H19N3O2. The fourth-order valence-corrected chi connectivity index (χ4v) is 1.62. The van der Waals surface area contributed by atoms with E-state index in [1.165, 1.54) is 0 Å². The van der Waals surface area contributed by atoms with Gasteiger partial charge in [-0.2, -0.15) is 5.26 Å². The van der Waals surface area contributed by atoms with Gasteiger partial charge in [0.2, 0.25) is 5.91 Å². The number of likely N-dealkylation sites (N-methyl/N-ethyl adjacent to an activating group) is 1. The monoisotopic (exact) mass is 261 g/mol. The van der Waals surface area contributed by atoms with Crippen LogP contribution in [0.25, 0.3) is 0 Å². The summed E-state index contributed by atoms with van der Waals surface area (Å²) in [5.41, 5.74) is 1.54. The Morgan fingerprint density at radius 2 is 1.89 bits per heavy atom. The molecule has 1 aromatic rings. The SMILES string of the molecule is CN(C)CCN(Cc1ccc(C#N)cc1)C(=O)CO. The average molecular weight is 261 g/mol. The molecule has 5 heteroatoms. The van der Waals surface area contributed by atoms with Crippen LogP contribution in [0.3, 0.4) is 0 Å². The van der Waals surface area contributed by atoms with E-state index in [1.54, 1.807) is 17.0 Å². The largest absolute Gasteiger partial charge is 0.387 e. The molecule has 0 atom stereocenters. The lowest BCUT2D eigenvalue weighted by Gasteiger charge is -2.23. The summed E-state index contributed by atoms with van der Waals surface area (Å²) in [6.45, 7) is 1.26. The molecule has 0 unspecified atom stereocenters. The number of nitrogens with zero attached hydrogens (tertiary/aromatic N) is 3. The van der Waals surface area contributed by atoms with E-state index in [2.05, 4.69) is 6.07 Å². The number of aliphatic hydroxyl groups excluding tert-OH is 1. The van der Waals surface area contributed by atoms with Gasteiger partial charge >= 0.3 is 0 Å². The number of amides is 1. The van der Waals surface area contributed by atoms with Crippen LogP contribution in [0.4, 0.5) is 0 Å². The van der Waals surface area contributed by atoms with E-state index >= 15 is 0 Å². The number of benzene rings is 1. The maximum atomic E-state index is 11.7.